The van der Waals surface area contributed by atoms with E-state index in [1.54, 1.807) is 12.2 Å². The van der Waals surface area contributed by atoms with Gasteiger partial charge in [0.2, 0.25) is 11.0 Å². The number of aromatic amines is 1. The Morgan fingerprint density at radius 3 is 3.03 bits per heavy atom. The van der Waals surface area contributed by atoms with Crippen LogP contribution in [0.2, 0.25) is 0 Å². The number of aromatic nitrogens is 3. The van der Waals surface area contributed by atoms with Crippen LogP contribution < -0.4 is 10.1 Å². The van der Waals surface area contributed by atoms with Crippen LogP contribution in [0.3, 0.4) is 0 Å². The van der Waals surface area contributed by atoms with Crippen molar-refractivity contribution in [3.63, 3.8) is 0 Å². The van der Waals surface area contributed by atoms with Gasteiger partial charge in [0.25, 0.3) is 11.8 Å². The Hall–Kier alpha value is -3.73. The fourth-order valence-corrected chi connectivity index (χ4v) is 3.60. The van der Waals surface area contributed by atoms with E-state index in [0.29, 0.717) is 46.7 Å². The normalized spacial score (nSPS) is 15.1. The van der Waals surface area contributed by atoms with E-state index in [4.69, 9.17) is 9.47 Å². The summed E-state index contributed by atoms with van der Waals surface area (Å²) in [7, 11) is 1.53. The molecule has 0 saturated carbocycles. The first-order valence-electron chi connectivity index (χ1n) is 9.77. The van der Waals surface area contributed by atoms with Gasteiger partial charge >= 0.3 is 0 Å². The van der Waals surface area contributed by atoms with Gasteiger partial charge in [0.15, 0.2) is 0 Å². The number of carbonyl (C=O) groups excluding carboxylic acids is 2. The number of H-pyrrole nitrogens is 1. The molecule has 1 aromatic carbocycles. The average molecular weight is 452 g/mol. The van der Waals surface area contributed by atoms with Crippen LogP contribution in [-0.2, 0) is 20.9 Å². The second kappa shape index (κ2) is 10.1. The second-order valence-electron chi connectivity index (χ2n) is 6.68. The molecule has 10 nitrogen and oxygen atoms in total. The van der Waals surface area contributed by atoms with Crippen molar-refractivity contribution in [1.82, 2.24) is 20.5 Å². The maximum absolute atomic E-state index is 12.5. The molecule has 2 aromatic rings. The number of thioether (sulfide) groups is 1. The summed E-state index contributed by atoms with van der Waals surface area (Å²) in [5, 5.41) is 10.0. The molecule has 164 valence electrons. The molecular formula is C21H20N6O4S. The molecule has 0 radical (unpaired) electrons. The number of rotatable bonds is 9. The minimum atomic E-state index is -0.513. The van der Waals surface area contributed by atoms with E-state index >= 15 is 0 Å². The molecule has 0 bridgehead atoms. The fraction of sp³-hybridized carbons (Fsp3) is 0.238. The van der Waals surface area contributed by atoms with Crippen molar-refractivity contribution in [3.05, 3.63) is 59.6 Å². The molecule has 11 heteroatoms. The molecule has 1 aliphatic carbocycles. The zero-order chi connectivity index (χ0) is 22.3. The van der Waals surface area contributed by atoms with E-state index in [1.165, 1.54) is 25.2 Å². The third kappa shape index (κ3) is 5.30. The Morgan fingerprint density at radius 2 is 2.22 bits per heavy atom. The van der Waals surface area contributed by atoms with Crippen molar-refractivity contribution in [2.24, 2.45) is 9.98 Å². The highest BCUT2D eigenvalue weighted by molar-refractivity contribution is 7.99. The van der Waals surface area contributed by atoms with Crippen LogP contribution in [0, 0.1) is 0 Å². The minimum absolute atomic E-state index is 0.146. The zero-order valence-corrected chi connectivity index (χ0v) is 18.0. The largest absolute Gasteiger partial charge is 0.497 e. The maximum atomic E-state index is 12.5. The molecule has 2 amide bonds. The van der Waals surface area contributed by atoms with Crippen molar-refractivity contribution in [3.8, 4) is 5.75 Å². The predicted octanol–water partition coefficient (Wildman–Crippen LogP) is 1.83. The third-order valence-corrected chi connectivity index (χ3v) is 5.36. The van der Waals surface area contributed by atoms with Crippen LogP contribution in [0.4, 0.5) is 0 Å². The third-order valence-electron chi connectivity index (χ3n) is 4.54. The molecule has 0 spiro atoms. The van der Waals surface area contributed by atoms with Gasteiger partial charge in [-0.05, 0) is 29.8 Å². The lowest BCUT2D eigenvalue weighted by Gasteiger charge is -2.17. The van der Waals surface area contributed by atoms with Gasteiger partial charge in [-0.1, -0.05) is 23.9 Å². The first-order chi connectivity index (χ1) is 15.6. The van der Waals surface area contributed by atoms with Crippen molar-refractivity contribution in [2.45, 2.75) is 18.1 Å². The van der Waals surface area contributed by atoms with Gasteiger partial charge in [-0.25, -0.2) is 9.98 Å². The van der Waals surface area contributed by atoms with Gasteiger partial charge < -0.3 is 14.8 Å². The number of ether oxygens (including phenoxy) is 2. The topological polar surface area (TPSA) is 131 Å². The number of benzene rings is 1. The SMILES string of the molecule is COC1=CCC2=NC(C(=O)NCc3cccc(OCCSc4nc[nH]n4)c3)=NC(=O)C2=C1. The van der Waals surface area contributed by atoms with Crippen LogP contribution in [0.15, 0.2) is 69.2 Å². The Labute approximate surface area is 187 Å². The van der Waals surface area contributed by atoms with Crippen LogP contribution in [0.25, 0.3) is 0 Å². The fourth-order valence-electron chi connectivity index (χ4n) is 3.00. The molecule has 4 rings (SSSR count). The highest BCUT2D eigenvalue weighted by atomic mass is 32.2. The molecule has 1 aromatic heterocycles. The van der Waals surface area contributed by atoms with E-state index < -0.39 is 11.8 Å². The summed E-state index contributed by atoms with van der Waals surface area (Å²) in [6.07, 6.45) is 5.31. The Morgan fingerprint density at radius 1 is 1.31 bits per heavy atom. The van der Waals surface area contributed by atoms with Gasteiger partial charge in [-0.3, -0.25) is 14.7 Å². The van der Waals surface area contributed by atoms with E-state index in [-0.39, 0.29) is 12.4 Å². The van der Waals surface area contributed by atoms with Gasteiger partial charge in [0.1, 0.15) is 17.8 Å². The quantitative estimate of drug-likeness (QED) is 0.438. The lowest BCUT2D eigenvalue weighted by Crippen LogP contribution is -2.34. The molecule has 2 N–H and O–H groups in total. The van der Waals surface area contributed by atoms with Crippen molar-refractivity contribution < 1.29 is 19.1 Å². The highest BCUT2D eigenvalue weighted by Gasteiger charge is 2.27. The zero-order valence-electron chi connectivity index (χ0n) is 17.2. The Bertz CT molecular complexity index is 1140. The molecule has 0 saturated heterocycles. The molecule has 0 unspecified atom stereocenters. The number of hydrogen-bond donors (Lipinski definition) is 2. The number of aliphatic imine (C=N–C) groups is 2. The first-order valence-corrected chi connectivity index (χ1v) is 10.8. The number of amidine groups is 1. The molecule has 1 aliphatic heterocycles. The van der Waals surface area contributed by atoms with E-state index in [0.717, 1.165) is 5.56 Å². The van der Waals surface area contributed by atoms with Crippen molar-refractivity contribution in [1.29, 1.82) is 0 Å². The Kier molecular flexibility index (Phi) is 6.75. The number of nitrogens with zero attached hydrogens (tertiary/aromatic N) is 4. The van der Waals surface area contributed by atoms with E-state index in [9.17, 15) is 9.59 Å². The summed E-state index contributed by atoms with van der Waals surface area (Å²) in [6.45, 7) is 0.733. The van der Waals surface area contributed by atoms with E-state index in [1.807, 2.05) is 24.3 Å². The van der Waals surface area contributed by atoms with Gasteiger partial charge in [0.05, 0.1) is 25.0 Å². The minimum Gasteiger partial charge on any atom is -0.497 e. The summed E-state index contributed by atoms with van der Waals surface area (Å²) in [5.41, 5.74) is 1.71. The molecular weight excluding hydrogens is 432 g/mol. The van der Waals surface area contributed by atoms with Crippen LogP contribution in [0.1, 0.15) is 12.0 Å². The highest BCUT2D eigenvalue weighted by Crippen LogP contribution is 2.20. The standard InChI is InChI=1S/C21H20N6O4S/c1-30-14-5-6-17-16(10-14)19(28)26-18(25-17)20(29)22-11-13-3-2-4-15(9-13)31-7-8-32-21-23-12-24-27-21/h2-5,9-10,12H,6-8,11H2,1H3,(H,22,29)(H,23,24,27). The predicted molar refractivity (Wildman–Crippen MR) is 119 cm³/mol. The lowest BCUT2D eigenvalue weighted by molar-refractivity contribution is -0.117. The molecule has 2 heterocycles. The van der Waals surface area contributed by atoms with Gasteiger partial charge in [0, 0.05) is 18.7 Å². The summed E-state index contributed by atoms with van der Waals surface area (Å²) >= 11 is 1.49. The number of amides is 2. The average Bonchev–Trinajstić information content (AvgIpc) is 3.34. The molecule has 32 heavy (non-hydrogen) atoms. The smallest absolute Gasteiger partial charge is 0.289 e. The summed E-state index contributed by atoms with van der Waals surface area (Å²) in [6, 6.07) is 7.40. The Balaban J connectivity index is 1.29. The van der Waals surface area contributed by atoms with Gasteiger partial charge in [-0.2, -0.15) is 4.99 Å². The monoisotopic (exact) mass is 452 g/mol. The second-order valence-corrected chi connectivity index (χ2v) is 7.74. The van der Waals surface area contributed by atoms with Crippen LogP contribution in [-0.4, -0.2) is 58.0 Å². The van der Waals surface area contributed by atoms with Crippen LogP contribution >= 0.6 is 11.8 Å². The number of nitrogens with one attached hydrogen (secondary N) is 2. The number of carbonyl (C=O) groups is 2. The van der Waals surface area contributed by atoms with Crippen molar-refractivity contribution >= 4 is 35.1 Å². The summed E-state index contributed by atoms with van der Waals surface area (Å²) < 4.78 is 10.9. The van der Waals surface area contributed by atoms with E-state index in [2.05, 4.69) is 30.5 Å². The molecule has 0 atom stereocenters. The number of allylic oxidation sites excluding steroid dienone is 2. The number of fused-ring (bicyclic) bond motifs is 1. The lowest BCUT2D eigenvalue weighted by atomic mass is 9.99. The molecule has 2 aliphatic rings. The van der Waals surface area contributed by atoms with Crippen molar-refractivity contribution in [2.75, 3.05) is 19.5 Å². The van der Waals surface area contributed by atoms with Crippen LogP contribution in [0.5, 0.6) is 5.75 Å². The number of hydrogen-bond acceptors (Lipinski definition) is 8. The van der Waals surface area contributed by atoms with Gasteiger partial charge in [-0.15, -0.1) is 5.10 Å². The number of methoxy groups -OCH3 is 1. The molecule has 0 fully saturated rings. The summed E-state index contributed by atoms with van der Waals surface area (Å²) in [5.74, 6) is 0.809. The maximum Gasteiger partial charge on any atom is 0.289 e. The first kappa shape index (κ1) is 21.5. The summed E-state index contributed by atoms with van der Waals surface area (Å²) in [4.78, 5) is 36.9.